The molecule has 0 aliphatic heterocycles. The third-order valence-corrected chi connectivity index (χ3v) is 6.43. The molecule has 2 rings (SSSR count). The molecule has 0 aliphatic carbocycles. The molecule has 1 aromatic heterocycles. The van der Waals surface area contributed by atoms with Crippen LogP contribution in [0.1, 0.15) is 93.8 Å². The number of aromatic nitrogens is 3. The maximum Gasteiger partial charge on any atom is 0.347 e. The molecule has 0 saturated heterocycles. The Morgan fingerprint density at radius 2 is 1.75 bits per heavy atom. The van der Waals surface area contributed by atoms with Crippen LogP contribution in [-0.4, -0.2) is 44.6 Å². The molecule has 0 radical (unpaired) electrons. The molecule has 8 heteroatoms. The van der Waals surface area contributed by atoms with Crippen LogP contribution in [0.4, 0.5) is 5.69 Å². The lowest BCUT2D eigenvalue weighted by Gasteiger charge is -2.23. The van der Waals surface area contributed by atoms with Crippen molar-refractivity contribution in [3.63, 3.8) is 0 Å². The summed E-state index contributed by atoms with van der Waals surface area (Å²) in [5, 5.41) is 13.8. The smallest absolute Gasteiger partial charge is 0.347 e. The molecule has 0 atom stereocenters. The molecule has 1 heterocycles. The standard InChI is InChI=1S/C24H36N4O4.C6H12.C2H6/c1-7-15-27-21(25-28(23(27)31)17-18(3)8-2)10-9-16-26(6)19-11-13-20(14-12-19)32-24(4,5)22(29)30;1-4-6(3)5-2;1-2/h11-14H,3,7-10,15-17H2,1-2,4-6H3,(H,29,30);4H,5H2,1-3H3;1-2H3/b;6-4-;. The Hall–Kier alpha value is -3.29. The average Bonchev–Trinajstić information content (AvgIpc) is 3.23. The quantitative estimate of drug-likeness (QED) is 0.248. The minimum atomic E-state index is -1.28. The SMILES string of the molecule is C/C=C(/C)CC.C=C(CC)Cn1nc(CCCN(C)c2ccc(OC(C)(C)C(=O)O)cc2)n(CCC)c1=O.CC. The molecule has 1 aromatic carbocycles. The molecule has 0 unspecified atom stereocenters. The lowest BCUT2D eigenvalue weighted by Crippen LogP contribution is -2.37. The van der Waals surface area contributed by atoms with Gasteiger partial charge in [-0.05, 0) is 77.6 Å². The fourth-order valence-corrected chi connectivity index (χ4v) is 3.46. The summed E-state index contributed by atoms with van der Waals surface area (Å²) in [4.78, 5) is 26.0. The van der Waals surface area contributed by atoms with Crippen LogP contribution in [0.25, 0.3) is 0 Å². The van der Waals surface area contributed by atoms with Gasteiger partial charge in [0, 0.05) is 32.2 Å². The fraction of sp³-hybridized carbons (Fsp3) is 0.594. The summed E-state index contributed by atoms with van der Waals surface area (Å²) in [6.07, 6.45) is 6.58. The monoisotopic (exact) mass is 558 g/mol. The van der Waals surface area contributed by atoms with Crippen molar-refractivity contribution in [2.45, 2.75) is 113 Å². The lowest BCUT2D eigenvalue weighted by molar-refractivity contribution is -0.152. The number of allylic oxidation sites excluding steroid dienone is 3. The Morgan fingerprint density at radius 1 is 1.15 bits per heavy atom. The fourth-order valence-electron chi connectivity index (χ4n) is 3.46. The number of anilines is 1. The van der Waals surface area contributed by atoms with Crippen molar-refractivity contribution < 1.29 is 14.6 Å². The van der Waals surface area contributed by atoms with Crippen molar-refractivity contribution in [2.24, 2.45) is 0 Å². The van der Waals surface area contributed by atoms with Crippen LogP contribution in [0.3, 0.4) is 0 Å². The minimum Gasteiger partial charge on any atom is -0.478 e. The van der Waals surface area contributed by atoms with E-state index in [0.717, 1.165) is 42.9 Å². The molecule has 226 valence electrons. The van der Waals surface area contributed by atoms with Gasteiger partial charge in [-0.3, -0.25) is 4.57 Å². The third-order valence-electron chi connectivity index (χ3n) is 6.43. The van der Waals surface area contributed by atoms with E-state index in [9.17, 15) is 14.7 Å². The van der Waals surface area contributed by atoms with Gasteiger partial charge in [0.25, 0.3) is 0 Å². The third kappa shape index (κ3) is 12.3. The number of aryl methyl sites for hydroxylation is 1. The number of nitrogens with zero attached hydrogens (tertiary/aromatic N) is 4. The predicted octanol–water partition coefficient (Wildman–Crippen LogP) is 7.12. The number of hydrogen-bond donors (Lipinski definition) is 1. The summed E-state index contributed by atoms with van der Waals surface area (Å²) in [5.41, 5.74) is 2.11. The first-order valence-electron chi connectivity index (χ1n) is 14.6. The van der Waals surface area contributed by atoms with Crippen molar-refractivity contribution in [3.05, 3.63) is 64.4 Å². The normalized spacial score (nSPS) is 11.1. The number of rotatable bonds is 14. The van der Waals surface area contributed by atoms with Gasteiger partial charge in [-0.25, -0.2) is 14.3 Å². The van der Waals surface area contributed by atoms with Crippen LogP contribution in [-0.2, 0) is 24.3 Å². The van der Waals surface area contributed by atoms with E-state index in [4.69, 9.17) is 4.74 Å². The summed E-state index contributed by atoms with van der Waals surface area (Å²) >= 11 is 0. The van der Waals surface area contributed by atoms with E-state index in [-0.39, 0.29) is 5.69 Å². The van der Waals surface area contributed by atoms with E-state index in [1.165, 1.54) is 30.5 Å². The number of benzene rings is 1. The van der Waals surface area contributed by atoms with Gasteiger partial charge in [-0.2, -0.15) is 5.10 Å². The summed E-state index contributed by atoms with van der Waals surface area (Å²) in [5.74, 6) is 0.313. The first-order chi connectivity index (χ1) is 18.9. The van der Waals surface area contributed by atoms with E-state index in [1.807, 2.05) is 40.0 Å². The second kappa shape index (κ2) is 18.9. The van der Waals surface area contributed by atoms with Crippen LogP contribution < -0.4 is 15.3 Å². The zero-order chi connectivity index (χ0) is 30.9. The minimum absolute atomic E-state index is 0.0651. The van der Waals surface area contributed by atoms with Crippen LogP contribution in [0, 0.1) is 0 Å². The van der Waals surface area contributed by atoms with Gasteiger partial charge in [-0.1, -0.05) is 58.4 Å². The molecule has 0 aliphatic rings. The molecule has 0 bridgehead atoms. The Kier molecular flexibility index (Phi) is 17.3. The van der Waals surface area contributed by atoms with Gasteiger partial charge in [-0.15, -0.1) is 0 Å². The summed E-state index contributed by atoms with van der Waals surface area (Å²) in [7, 11) is 2.00. The molecule has 2 aromatic rings. The van der Waals surface area contributed by atoms with E-state index < -0.39 is 11.6 Å². The van der Waals surface area contributed by atoms with E-state index >= 15 is 0 Å². The van der Waals surface area contributed by atoms with Crippen molar-refractivity contribution >= 4 is 11.7 Å². The Morgan fingerprint density at radius 3 is 2.20 bits per heavy atom. The Balaban J connectivity index is 0.00000168. The summed E-state index contributed by atoms with van der Waals surface area (Å²) in [6.45, 7) is 23.4. The zero-order valence-electron chi connectivity index (χ0n) is 26.7. The topological polar surface area (TPSA) is 89.6 Å². The van der Waals surface area contributed by atoms with Crippen LogP contribution in [0.2, 0.25) is 0 Å². The molecule has 8 nitrogen and oxygen atoms in total. The van der Waals surface area contributed by atoms with Gasteiger partial charge >= 0.3 is 11.7 Å². The molecule has 0 spiro atoms. The number of carboxylic acids is 1. The molecular formula is C32H54N4O4. The lowest BCUT2D eigenvalue weighted by atomic mass is 10.1. The van der Waals surface area contributed by atoms with E-state index in [1.54, 1.807) is 16.7 Å². The zero-order valence-corrected chi connectivity index (χ0v) is 26.7. The van der Waals surface area contributed by atoms with E-state index in [0.29, 0.717) is 25.3 Å². The molecule has 0 amide bonds. The molecule has 1 N–H and O–H groups in total. The predicted molar refractivity (Wildman–Crippen MR) is 168 cm³/mol. The van der Waals surface area contributed by atoms with Crippen LogP contribution >= 0.6 is 0 Å². The van der Waals surface area contributed by atoms with Gasteiger partial charge in [0.1, 0.15) is 11.6 Å². The molecule has 0 saturated carbocycles. The van der Waals surface area contributed by atoms with Crippen LogP contribution in [0.15, 0.2) is 52.9 Å². The number of aliphatic carboxylic acids is 1. The Labute approximate surface area is 242 Å². The number of carbonyl (C=O) groups is 1. The first kappa shape index (κ1) is 36.7. The van der Waals surface area contributed by atoms with Crippen LogP contribution in [0.5, 0.6) is 5.75 Å². The first-order valence-corrected chi connectivity index (χ1v) is 14.6. The Bertz CT molecular complexity index is 1110. The van der Waals surface area contributed by atoms with Gasteiger partial charge in [0.15, 0.2) is 5.60 Å². The van der Waals surface area contributed by atoms with Crippen molar-refractivity contribution in [1.29, 1.82) is 0 Å². The highest BCUT2D eigenvalue weighted by atomic mass is 16.5. The summed E-state index contributed by atoms with van der Waals surface area (Å²) < 4.78 is 8.86. The molecule has 40 heavy (non-hydrogen) atoms. The van der Waals surface area contributed by atoms with Crippen molar-refractivity contribution in [2.75, 3.05) is 18.5 Å². The highest BCUT2D eigenvalue weighted by Gasteiger charge is 2.29. The van der Waals surface area contributed by atoms with E-state index in [2.05, 4.69) is 50.3 Å². The van der Waals surface area contributed by atoms with Crippen molar-refractivity contribution in [3.8, 4) is 5.75 Å². The van der Waals surface area contributed by atoms with Gasteiger partial charge in [0.05, 0.1) is 6.54 Å². The highest BCUT2D eigenvalue weighted by molar-refractivity contribution is 5.76. The highest BCUT2D eigenvalue weighted by Crippen LogP contribution is 2.23. The number of ether oxygens (including phenoxy) is 1. The van der Waals surface area contributed by atoms with Gasteiger partial charge < -0.3 is 14.7 Å². The number of carboxylic acid groups (broad SMARTS) is 1. The second-order valence-electron chi connectivity index (χ2n) is 10.0. The largest absolute Gasteiger partial charge is 0.478 e. The maximum absolute atomic E-state index is 12.7. The summed E-state index contributed by atoms with van der Waals surface area (Å²) in [6, 6.07) is 7.37. The van der Waals surface area contributed by atoms with Gasteiger partial charge in [0.2, 0.25) is 0 Å². The average molecular weight is 559 g/mol. The molecular weight excluding hydrogens is 504 g/mol. The molecule has 0 fully saturated rings. The van der Waals surface area contributed by atoms with Crippen molar-refractivity contribution in [1.82, 2.24) is 14.3 Å². The number of hydrogen-bond acceptors (Lipinski definition) is 5. The second-order valence-corrected chi connectivity index (χ2v) is 10.0. The maximum atomic E-state index is 12.7.